The molecule has 0 aliphatic rings. The first-order valence-electron chi connectivity index (χ1n) is 5.45. The molecule has 1 atom stereocenters. The van der Waals surface area contributed by atoms with E-state index < -0.39 is 0 Å². The maximum absolute atomic E-state index is 6.15. The Bertz CT molecular complexity index is 542. The molecule has 2 rings (SSSR count). The van der Waals surface area contributed by atoms with Crippen molar-refractivity contribution < 1.29 is 4.42 Å². The molecular formula is C13H12Cl3NO. The Labute approximate surface area is 121 Å². The van der Waals surface area contributed by atoms with Gasteiger partial charge in [-0.2, -0.15) is 0 Å². The Balaban J connectivity index is 2.46. The summed E-state index contributed by atoms with van der Waals surface area (Å²) in [7, 11) is 1.87. The van der Waals surface area contributed by atoms with E-state index in [0.717, 1.165) is 5.76 Å². The standard InChI is InChI=1S/C13H12Cl3NO/c1-7(17-2)11-3-4-12(18-11)13-9(15)5-8(14)6-10(13)16/h3-7,17H,1-2H3. The van der Waals surface area contributed by atoms with Gasteiger partial charge in [-0.05, 0) is 38.2 Å². The molecule has 1 aromatic carbocycles. The van der Waals surface area contributed by atoms with Crippen LogP contribution in [-0.2, 0) is 0 Å². The van der Waals surface area contributed by atoms with E-state index in [-0.39, 0.29) is 6.04 Å². The van der Waals surface area contributed by atoms with Crippen LogP contribution in [0.1, 0.15) is 18.7 Å². The lowest BCUT2D eigenvalue weighted by Crippen LogP contribution is -2.11. The molecule has 1 N–H and O–H groups in total. The summed E-state index contributed by atoms with van der Waals surface area (Å²) in [5.41, 5.74) is 0.664. The van der Waals surface area contributed by atoms with Crippen molar-refractivity contribution >= 4 is 34.8 Å². The molecule has 0 bridgehead atoms. The third kappa shape index (κ3) is 2.67. The molecule has 0 saturated carbocycles. The predicted molar refractivity (Wildman–Crippen MR) is 76.6 cm³/mol. The van der Waals surface area contributed by atoms with Gasteiger partial charge in [-0.25, -0.2) is 0 Å². The summed E-state index contributed by atoms with van der Waals surface area (Å²) in [5, 5.41) is 4.56. The van der Waals surface area contributed by atoms with E-state index in [4.69, 9.17) is 39.2 Å². The summed E-state index contributed by atoms with van der Waals surface area (Å²) in [6.07, 6.45) is 0. The van der Waals surface area contributed by atoms with Crippen molar-refractivity contribution in [1.29, 1.82) is 0 Å². The van der Waals surface area contributed by atoms with Crippen molar-refractivity contribution in [3.8, 4) is 11.3 Å². The van der Waals surface area contributed by atoms with Gasteiger partial charge in [0.1, 0.15) is 11.5 Å². The first kappa shape index (κ1) is 13.8. The Morgan fingerprint density at radius 3 is 2.28 bits per heavy atom. The lowest BCUT2D eigenvalue weighted by Gasteiger charge is -2.07. The van der Waals surface area contributed by atoms with Crippen LogP contribution in [0.3, 0.4) is 0 Å². The molecule has 96 valence electrons. The minimum Gasteiger partial charge on any atom is -0.459 e. The number of furan rings is 1. The Kier molecular flexibility index (Phi) is 4.23. The van der Waals surface area contributed by atoms with Crippen LogP contribution in [0.4, 0.5) is 0 Å². The Morgan fingerprint density at radius 1 is 1.11 bits per heavy atom. The zero-order valence-corrected chi connectivity index (χ0v) is 12.2. The van der Waals surface area contributed by atoms with Crippen LogP contribution in [0.25, 0.3) is 11.3 Å². The molecule has 1 unspecified atom stereocenters. The van der Waals surface area contributed by atoms with E-state index in [1.54, 1.807) is 12.1 Å². The average Bonchev–Trinajstić information content (AvgIpc) is 2.76. The van der Waals surface area contributed by atoms with Crippen molar-refractivity contribution in [2.24, 2.45) is 0 Å². The fraction of sp³-hybridized carbons (Fsp3) is 0.231. The van der Waals surface area contributed by atoms with E-state index in [9.17, 15) is 0 Å². The van der Waals surface area contributed by atoms with E-state index in [0.29, 0.717) is 26.4 Å². The number of benzene rings is 1. The quantitative estimate of drug-likeness (QED) is 0.844. The van der Waals surface area contributed by atoms with Crippen molar-refractivity contribution in [3.63, 3.8) is 0 Å². The van der Waals surface area contributed by atoms with E-state index in [2.05, 4.69) is 5.32 Å². The van der Waals surface area contributed by atoms with E-state index in [1.165, 1.54) is 0 Å². The third-order valence-electron chi connectivity index (χ3n) is 2.74. The van der Waals surface area contributed by atoms with Crippen LogP contribution in [0, 0.1) is 0 Å². The molecule has 0 saturated heterocycles. The number of hydrogen-bond acceptors (Lipinski definition) is 2. The normalized spacial score (nSPS) is 12.7. The predicted octanol–water partition coefficient (Wildman–Crippen LogP) is 5.19. The molecule has 0 aliphatic heterocycles. The summed E-state index contributed by atoms with van der Waals surface area (Å²) in [6.45, 7) is 2.01. The van der Waals surface area contributed by atoms with Gasteiger partial charge in [0.15, 0.2) is 0 Å². The molecule has 5 heteroatoms. The SMILES string of the molecule is CNC(C)c1ccc(-c2c(Cl)cc(Cl)cc2Cl)o1. The number of nitrogens with one attached hydrogen (secondary N) is 1. The minimum atomic E-state index is 0.128. The average molecular weight is 305 g/mol. The maximum atomic E-state index is 6.15. The van der Waals surface area contributed by atoms with Crippen LogP contribution in [0.15, 0.2) is 28.7 Å². The molecule has 2 aromatic rings. The summed E-state index contributed by atoms with van der Waals surface area (Å²) < 4.78 is 5.75. The van der Waals surface area contributed by atoms with Crippen LogP contribution >= 0.6 is 34.8 Å². The van der Waals surface area contributed by atoms with Crippen molar-refractivity contribution in [2.45, 2.75) is 13.0 Å². The fourth-order valence-corrected chi connectivity index (χ4v) is 2.64. The van der Waals surface area contributed by atoms with Gasteiger partial charge in [0, 0.05) is 5.02 Å². The number of rotatable bonds is 3. The van der Waals surface area contributed by atoms with Crippen molar-refractivity contribution in [2.75, 3.05) is 7.05 Å². The van der Waals surface area contributed by atoms with Crippen molar-refractivity contribution in [3.05, 3.63) is 45.1 Å². The third-order valence-corrected chi connectivity index (χ3v) is 3.55. The highest BCUT2D eigenvalue weighted by Gasteiger charge is 2.15. The van der Waals surface area contributed by atoms with Gasteiger partial charge >= 0.3 is 0 Å². The summed E-state index contributed by atoms with van der Waals surface area (Å²) >= 11 is 18.2. The molecule has 18 heavy (non-hydrogen) atoms. The molecule has 2 nitrogen and oxygen atoms in total. The highest BCUT2D eigenvalue weighted by atomic mass is 35.5. The molecule has 0 aliphatic carbocycles. The second kappa shape index (κ2) is 5.54. The smallest absolute Gasteiger partial charge is 0.137 e. The zero-order valence-electron chi connectivity index (χ0n) is 9.93. The van der Waals surface area contributed by atoms with Gasteiger partial charge in [0.2, 0.25) is 0 Å². The second-order valence-electron chi connectivity index (χ2n) is 3.96. The lowest BCUT2D eigenvalue weighted by molar-refractivity contribution is 0.458. The molecule has 0 radical (unpaired) electrons. The van der Waals surface area contributed by atoms with E-state index in [1.807, 2.05) is 26.1 Å². The summed E-state index contributed by atoms with van der Waals surface area (Å²) in [4.78, 5) is 0. The first-order chi connectivity index (χ1) is 8.52. The van der Waals surface area contributed by atoms with Gasteiger partial charge in [0.25, 0.3) is 0 Å². The van der Waals surface area contributed by atoms with Gasteiger partial charge in [-0.15, -0.1) is 0 Å². The minimum absolute atomic E-state index is 0.128. The van der Waals surface area contributed by atoms with Gasteiger partial charge < -0.3 is 9.73 Å². The molecule has 1 aromatic heterocycles. The highest BCUT2D eigenvalue weighted by molar-refractivity contribution is 6.41. The number of hydrogen-bond donors (Lipinski definition) is 1. The maximum Gasteiger partial charge on any atom is 0.137 e. The molecular weight excluding hydrogens is 293 g/mol. The fourth-order valence-electron chi connectivity index (χ4n) is 1.64. The lowest BCUT2D eigenvalue weighted by atomic mass is 10.2. The van der Waals surface area contributed by atoms with Crippen molar-refractivity contribution in [1.82, 2.24) is 5.32 Å². The van der Waals surface area contributed by atoms with Crippen LogP contribution in [0.5, 0.6) is 0 Å². The Morgan fingerprint density at radius 2 is 1.72 bits per heavy atom. The first-order valence-corrected chi connectivity index (χ1v) is 6.58. The second-order valence-corrected chi connectivity index (χ2v) is 5.21. The molecule has 0 fully saturated rings. The molecule has 0 spiro atoms. The summed E-state index contributed by atoms with van der Waals surface area (Å²) in [5.74, 6) is 1.47. The van der Waals surface area contributed by atoms with Crippen LogP contribution < -0.4 is 5.32 Å². The largest absolute Gasteiger partial charge is 0.459 e. The zero-order chi connectivity index (χ0) is 13.3. The van der Waals surface area contributed by atoms with Gasteiger partial charge in [0.05, 0.1) is 21.7 Å². The van der Waals surface area contributed by atoms with Crippen LogP contribution in [-0.4, -0.2) is 7.05 Å². The highest BCUT2D eigenvalue weighted by Crippen LogP contribution is 2.38. The van der Waals surface area contributed by atoms with E-state index >= 15 is 0 Å². The van der Waals surface area contributed by atoms with Gasteiger partial charge in [-0.3, -0.25) is 0 Å². The Hall–Kier alpha value is -0.670. The number of halogens is 3. The topological polar surface area (TPSA) is 25.2 Å². The van der Waals surface area contributed by atoms with Crippen LogP contribution in [0.2, 0.25) is 15.1 Å². The molecule has 0 amide bonds. The summed E-state index contributed by atoms with van der Waals surface area (Å²) in [6, 6.07) is 7.17. The molecule has 1 heterocycles. The monoisotopic (exact) mass is 303 g/mol. The van der Waals surface area contributed by atoms with Gasteiger partial charge in [-0.1, -0.05) is 34.8 Å².